The molecule has 5 nitrogen and oxygen atoms in total. The predicted molar refractivity (Wildman–Crippen MR) is 78.5 cm³/mol. The van der Waals surface area contributed by atoms with E-state index in [0.29, 0.717) is 17.1 Å². The van der Waals surface area contributed by atoms with Crippen LogP contribution in [0, 0.1) is 0 Å². The zero-order valence-corrected chi connectivity index (χ0v) is 12.4. The SMILES string of the molecule is C=CCn1ncc(NCCC2CCCO2)c(Br)c1=O. The second-order valence-corrected chi connectivity index (χ2v) is 5.29. The maximum absolute atomic E-state index is 11.9. The maximum Gasteiger partial charge on any atom is 0.283 e. The minimum absolute atomic E-state index is 0.151. The number of aromatic nitrogens is 2. The lowest BCUT2D eigenvalue weighted by Gasteiger charge is -2.12. The first-order valence-corrected chi connectivity index (χ1v) is 7.23. The van der Waals surface area contributed by atoms with Crippen LogP contribution in [0.3, 0.4) is 0 Å². The summed E-state index contributed by atoms with van der Waals surface area (Å²) in [6.45, 7) is 5.65. The highest BCUT2D eigenvalue weighted by Gasteiger charge is 2.15. The number of halogens is 1. The first-order valence-electron chi connectivity index (χ1n) is 6.44. The summed E-state index contributed by atoms with van der Waals surface area (Å²) in [5.41, 5.74) is 0.574. The Kier molecular flexibility index (Phi) is 5.15. The fraction of sp³-hybridized carbons (Fsp3) is 0.538. The second kappa shape index (κ2) is 6.86. The predicted octanol–water partition coefficient (Wildman–Crippen LogP) is 2.17. The van der Waals surface area contributed by atoms with Crippen molar-refractivity contribution in [1.29, 1.82) is 0 Å². The van der Waals surface area contributed by atoms with E-state index in [1.165, 1.54) is 4.68 Å². The third-order valence-corrected chi connectivity index (χ3v) is 3.86. The molecule has 6 heteroatoms. The first kappa shape index (κ1) is 14.3. The van der Waals surface area contributed by atoms with Crippen molar-refractivity contribution in [2.75, 3.05) is 18.5 Å². The molecular weight excluding hydrogens is 310 g/mol. The number of allylic oxidation sites excluding steroid dienone is 1. The molecule has 1 fully saturated rings. The van der Waals surface area contributed by atoms with Gasteiger partial charge >= 0.3 is 0 Å². The van der Waals surface area contributed by atoms with Crippen molar-refractivity contribution in [3.63, 3.8) is 0 Å². The Morgan fingerprint density at radius 2 is 2.53 bits per heavy atom. The summed E-state index contributed by atoms with van der Waals surface area (Å²) < 4.78 is 7.43. The lowest BCUT2D eigenvalue weighted by molar-refractivity contribution is 0.107. The Labute approximate surface area is 120 Å². The van der Waals surface area contributed by atoms with E-state index in [1.54, 1.807) is 12.3 Å². The van der Waals surface area contributed by atoms with Gasteiger partial charge in [-0.1, -0.05) is 6.08 Å². The Hall–Kier alpha value is -1.14. The number of hydrogen-bond acceptors (Lipinski definition) is 4. The number of nitrogens with one attached hydrogen (secondary N) is 1. The van der Waals surface area contributed by atoms with Crippen molar-refractivity contribution in [3.8, 4) is 0 Å². The molecule has 1 aliphatic rings. The Balaban J connectivity index is 1.94. The van der Waals surface area contributed by atoms with Crippen molar-refractivity contribution in [3.05, 3.63) is 33.7 Å². The van der Waals surface area contributed by atoms with Gasteiger partial charge in [-0.3, -0.25) is 4.79 Å². The van der Waals surface area contributed by atoms with Crippen molar-refractivity contribution >= 4 is 21.6 Å². The quantitative estimate of drug-likeness (QED) is 0.813. The van der Waals surface area contributed by atoms with Crippen LogP contribution in [0.2, 0.25) is 0 Å². The zero-order valence-electron chi connectivity index (χ0n) is 10.8. The lowest BCUT2D eigenvalue weighted by Crippen LogP contribution is -2.24. The summed E-state index contributed by atoms with van der Waals surface area (Å²) in [4.78, 5) is 11.9. The number of anilines is 1. The summed E-state index contributed by atoms with van der Waals surface area (Å²) in [5.74, 6) is 0. The second-order valence-electron chi connectivity index (χ2n) is 4.50. The molecule has 0 saturated carbocycles. The van der Waals surface area contributed by atoms with Gasteiger partial charge in [-0.05, 0) is 35.2 Å². The van der Waals surface area contributed by atoms with Gasteiger partial charge in [0.25, 0.3) is 5.56 Å². The lowest BCUT2D eigenvalue weighted by atomic mass is 10.2. The largest absolute Gasteiger partial charge is 0.383 e. The van der Waals surface area contributed by atoms with Gasteiger partial charge < -0.3 is 10.1 Å². The molecule has 0 aliphatic carbocycles. The van der Waals surface area contributed by atoms with E-state index < -0.39 is 0 Å². The van der Waals surface area contributed by atoms with Crippen LogP contribution >= 0.6 is 15.9 Å². The first-order chi connectivity index (χ1) is 9.22. The van der Waals surface area contributed by atoms with Crippen molar-refractivity contribution in [1.82, 2.24) is 9.78 Å². The van der Waals surface area contributed by atoms with Gasteiger partial charge in [-0.15, -0.1) is 6.58 Å². The van der Waals surface area contributed by atoms with Crippen LogP contribution in [0.5, 0.6) is 0 Å². The van der Waals surface area contributed by atoms with Gasteiger partial charge in [0, 0.05) is 13.2 Å². The van der Waals surface area contributed by atoms with Crippen LogP contribution in [0.25, 0.3) is 0 Å². The highest BCUT2D eigenvalue weighted by Crippen LogP contribution is 2.18. The highest BCUT2D eigenvalue weighted by molar-refractivity contribution is 9.10. The average Bonchev–Trinajstić information content (AvgIpc) is 2.91. The normalized spacial score (nSPS) is 18.5. The fourth-order valence-electron chi connectivity index (χ4n) is 2.08. The smallest absolute Gasteiger partial charge is 0.283 e. The standard InChI is InChI=1S/C13H18BrN3O2/c1-2-7-17-13(18)12(14)11(9-16-17)15-6-5-10-4-3-8-19-10/h2,9-10,15H,1,3-8H2. The van der Waals surface area contributed by atoms with Gasteiger partial charge in [0.2, 0.25) is 0 Å². The summed E-state index contributed by atoms with van der Waals surface area (Å²) in [6.07, 6.45) is 6.87. The van der Waals surface area contributed by atoms with E-state index in [9.17, 15) is 4.79 Å². The third-order valence-electron chi connectivity index (χ3n) is 3.09. The molecule has 1 unspecified atom stereocenters. The van der Waals surface area contributed by atoms with Crippen LogP contribution in [-0.4, -0.2) is 29.0 Å². The van der Waals surface area contributed by atoms with E-state index in [2.05, 4.69) is 32.9 Å². The summed E-state index contributed by atoms with van der Waals surface area (Å²) in [6, 6.07) is 0. The number of nitrogens with zero attached hydrogens (tertiary/aromatic N) is 2. The van der Waals surface area contributed by atoms with Crippen LogP contribution in [-0.2, 0) is 11.3 Å². The molecule has 2 rings (SSSR count). The average molecular weight is 328 g/mol. The van der Waals surface area contributed by atoms with Gasteiger partial charge in [0.15, 0.2) is 0 Å². The fourth-order valence-corrected chi connectivity index (χ4v) is 2.53. The zero-order chi connectivity index (χ0) is 13.7. The van der Waals surface area contributed by atoms with E-state index in [-0.39, 0.29) is 5.56 Å². The minimum Gasteiger partial charge on any atom is -0.383 e. The van der Waals surface area contributed by atoms with Gasteiger partial charge in [-0.2, -0.15) is 5.10 Å². The van der Waals surface area contributed by atoms with E-state index in [0.717, 1.165) is 38.1 Å². The van der Waals surface area contributed by atoms with Gasteiger partial charge in [-0.25, -0.2) is 4.68 Å². The molecular formula is C13H18BrN3O2. The number of ether oxygens (including phenoxy) is 1. The Morgan fingerprint density at radius 3 is 3.21 bits per heavy atom. The third kappa shape index (κ3) is 3.67. The Bertz CT molecular complexity index is 495. The molecule has 0 amide bonds. The molecule has 19 heavy (non-hydrogen) atoms. The highest BCUT2D eigenvalue weighted by atomic mass is 79.9. The molecule has 1 aromatic heterocycles. The van der Waals surface area contributed by atoms with Crippen LogP contribution in [0.1, 0.15) is 19.3 Å². The molecule has 0 spiro atoms. The summed E-state index contributed by atoms with van der Waals surface area (Å²) >= 11 is 3.31. The molecule has 1 N–H and O–H groups in total. The summed E-state index contributed by atoms with van der Waals surface area (Å²) in [5, 5.41) is 7.31. The molecule has 0 bridgehead atoms. The van der Waals surface area contributed by atoms with E-state index in [1.807, 2.05) is 0 Å². The molecule has 104 valence electrons. The number of hydrogen-bond donors (Lipinski definition) is 1. The van der Waals surface area contributed by atoms with Crippen molar-refractivity contribution in [2.45, 2.75) is 31.9 Å². The van der Waals surface area contributed by atoms with Crippen molar-refractivity contribution in [2.24, 2.45) is 0 Å². The molecule has 1 aliphatic heterocycles. The topological polar surface area (TPSA) is 56.1 Å². The molecule has 0 radical (unpaired) electrons. The van der Waals surface area contributed by atoms with Gasteiger partial charge in [0.1, 0.15) is 4.47 Å². The molecule has 2 heterocycles. The molecule has 1 atom stereocenters. The summed E-state index contributed by atoms with van der Waals surface area (Å²) in [7, 11) is 0. The Morgan fingerprint density at radius 1 is 1.68 bits per heavy atom. The number of rotatable bonds is 6. The van der Waals surface area contributed by atoms with Crippen LogP contribution in [0.4, 0.5) is 5.69 Å². The van der Waals surface area contributed by atoms with Gasteiger partial charge in [0.05, 0.1) is 24.5 Å². The van der Waals surface area contributed by atoms with Crippen molar-refractivity contribution < 1.29 is 4.74 Å². The van der Waals surface area contributed by atoms with Crippen LogP contribution < -0.4 is 10.9 Å². The molecule has 1 aromatic rings. The minimum atomic E-state index is -0.151. The van der Waals surface area contributed by atoms with E-state index >= 15 is 0 Å². The van der Waals surface area contributed by atoms with Crippen LogP contribution in [0.15, 0.2) is 28.1 Å². The molecule has 0 aromatic carbocycles. The maximum atomic E-state index is 11.9. The molecule has 1 saturated heterocycles. The van der Waals surface area contributed by atoms with E-state index in [4.69, 9.17) is 4.74 Å². The monoisotopic (exact) mass is 327 g/mol.